The average Bonchev–Trinajstić information content (AvgIpc) is 3.81. The number of aromatic nitrogens is 1. The maximum atomic E-state index is 6.85. The highest BCUT2D eigenvalue weighted by atomic mass is 32.1. The van der Waals surface area contributed by atoms with Crippen molar-refractivity contribution in [1.29, 1.82) is 0 Å². The van der Waals surface area contributed by atoms with E-state index >= 15 is 0 Å². The predicted octanol–water partition coefficient (Wildman–Crippen LogP) is 12.9. The van der Waals surface area contributed by atoms with Gasteiger partial charge in [-0.05, 0) is 34.9 Å². The first-order valence-corrected chi connectivity index (χ1v) is 16.8. The van der Waals surface area contributed by atoms with Crippen molar-refractivity contribution in [3.63, 3.8) is 0 Å². The lowest BCUT2D eigenvalue weighted by atomic mass is 9.93. The molecule has 0 saturated heterocycles. The Kier molecular flexibility index (Phi) is 5.78. The van der Waals surface area contributed by atoms with Gasteiger partial charge in [-0.1, -0.05) is 146 Å². The van der Waals surface area contributed by atoms with Crippen molar-refractivity contribution in [2.45, 2.75) is 0 Å². The molecule has 0 unspecified atom stereocenters. The zero-order valence-electron chi connectivity index (χ0n) is 25.4. The summed E-state index contributed by atoms with van der Waals surface area (Å²) in [5.74, 6) is 0. The topological polar surface area (TPSA) is 18.1 Å². The summed E-state index contributed by atoms with van der Waals surface area (Å²) in [7, 11) is 0. The third-order valence-electron chi connectivity index (χ3n) is 9.43. The number of benzene rings is 7. The van der Waals surface area contributed by atoms with Crippen LogP contribution in [0.25, 0.3) is 92.2 Å². The average molecular weight is 618 g/mol. The summed E-state index contributed by atoms with van der Waals surface area (Å²) < 4.78 is 11.9. The first-order valence-electron chi connectivity index (χ1n) is 15.9. The van der Waals surface area contributed by atoms with Crippen molar-refractivity contribution in [3.05, 3.63) is 164 Å². The van der Waals surface area contributed by atoms with Crippen molar-refractivity contribution in [2.24, 2.45) is 0 Å². The molecular formula is C44H27NOS. The van der Waals surface area contributed by atoms with Crippen LogP contribution in [0.15, 0.2) is 168 Å². The number of hydrogen-bond donors (Lipinski definition) is 0. The van der Waals surface area contributed by atoms with E-state index in [0.29, 0.717) is 0 Å². The molecule has 3 aromatic heterocycles. The molecule has 0 spiro atoms. The molecule has 0 saturated carbocycles. The van der Waals surface area contributed by atoms with Crippen molar-refractivity contribution < 1.29 is 4.42 Å². The monoisotopic (exact) mass is 617 g/mol. The normalized spacial score (nSPS) is 11.8. The quantitative estimate of drug-likeness (QED) is 0.192. The summed E-state index contributed by atoms with van der Waals surface area (Å²) in [5.41, 5.74) is 12.5. The Morgan fingerprint density at radius 3 is 1.68 bits per heavy atom. The lowest BCUT2D eigenvalue weighted by molar-refractivity contribution is 0.671. The second kappa shape index (κ2) is 10.3. The Balaban J connectivity index is 1.23. The smallest absolute Gasteiger partial charge is 0.143 e. The summed E-state index contributed by atoms with van der Waals surface area (Å²) in [6.07, 6.45) is 0. The molecule has 3 heteroatoms. The van der Waals surface area contributed by atoms with Crippen LogP contribution in [0.2, 0.25) is 0 Å². The SMILES string of the molecule is c1ccc(-c2cccc3c2oc2c(-c4ccccc4-c4cccc5c4sc4c6ccccc6n(-c6ccccc6)c54)cccc23)cc1. The van der Waals surface area contributed by atoms with Crippen LogP contribution in [-0.4, -0.2) is 4.57 Å². The zero-order valence-corrected chi connectivity index (χ0v) is 26.2. The molecule has 0 fully saturated rings. The van der Waals surface area contributed by atoms with E-state index in [1.165, 1.54) is 53.6 Å². The van der Waals surface area contributed by atoms with Crippen LogP contribution in [0.3, 0.4) is 0 Å². The van der Waals surface area contributed by atoms with Gasteiger partial charge in [0, 0.05) is 48.6 Å². The highest BCUT2D eigenvalue weighted by Crippen LogP contribution is 2.48. The molecule has 0 aliphatic carbocycles. The summed E-state index contributed by atoms with van der Waals surface area (Å²) in [5, 5.41) is 4.82. The van der Waals surface area contributed by atoms with Crippen molar-refractivity contribution in [2.75, 3.05) is 0 Å². The van der Waals surface area contributed by atoms with Gasteiger partial charge in [0.15, 0.2) is 0 Å². The zero-order chi connectivity index (χ0) is 30.9. The first kappa shape index (κ1) is 26.3. The Hall–Kier alpha value is -5.90. The largest absolute Gasteiger partial charge is 0.455 e. The van der Waals surface area contributed by atoms with E-state index in [1.807, 2.05) is 11.3 Å². The van der Waals surface area contributed by atoms with Crippen molar-refractivity contribution in [3.8, 4) is 39.1 Å². The lowest BCUT2D eigenvalue weighted by Crippen LogP contribution is -1.93. The molecular weight excluding hydrogens is 591 g/mol. The van der Waals surface area contributed by atoms with Gasteiger partial charge < -0.3 is 8.98 Å². The Labute approximate surface area is 275 Å². The Morgan fingerprint density at radius 1 is 0.383 bits per heavy atom. The van der Waals surface area contributed by atoms with Crippen LogP contribution >= 0.6 is 11.3 Å². The van der Waals surface area contributed by atoms with E-state index in [0.717, 1.165) is 38.6 Å². The fourth-order valence-corrected chi connectivity index (χ4v) is 8.73. The molecule has 3 heterocycles. The first-order chi connectivity index (χ1) is 23.3. The van der Waals surface area contributed by atoms with Crippen LogP contribution in [0.1, 0.15) is 0 Å². The third-order valence-corrected chi connectivity index (χ3v) is 10.7. The minimum atomic E-state index is 0.920. The number of para-hydroxylation sites is 4. The van der Waals surface area contributed by atoms with Gasteiger partial charge in [0.05, 0.1) is 15.7 Å². The molecule has 2 nitrogen and oxygen atoms in total. The maximum absolute atomic E-state index is 6.85. The molecule has 0 N–H and O–H groups in total. The molecule has 10 aromatic rings. The number of thiophene rings is 1. The Morgan fingerprint density at radius 2 is 0.915 bits per heavy atom. The van der Waals surface area contributed by atoms with Crippen LogP contribution < -0.4 is 0 Å². The van der Waals surface area contributed by atoms with E-state index in [4.69, 9.17) is 4.42 Å². The van der Waals surface area contributed by atoms with Crippen LogP contribution in [-0.2, 0) is 0 Å². The van der Waals surface area contributed by atoms with Gasteiger partial charge in [-0.3, -0.25) is 0 Å². The third kappa shape index (κ3) is 3.90. The summed E-state index contributed by atoms with van der Waals surface area (Å²) in [4.78, 5) is 0. The Bertz CT molecular complexity index is 2780. The number of rotatable bonds is 4. The minimum absolute atomic E-state index is 0.920. The maximum Gasteiger partial charge on any atom is 0.143 e. The molecule has 7 aromatic carbocycles. The number of fused-ring (bicyclic) bond motifs is 8. The molecule has 0 atom stereocenters. The van der Waals surface area contributed by atoms with Gasteiger partial charge in [0.2, 0.25) is 0 Å². The summed E-state index contributed by atoms with van der Waals surface area (Å²) in [6, 6.07) is 58.6. The standard InChI is InChI=1S/C44H27NOS/c1-3-14-28(15-4-1)30-21-11-23-34-35-24-12-22-33(42(35)46-41(30)34)31-18-7-8-19-32(31)36-25-13-26-38-40-44(47-43(36)38)37-20-9-10-27-39(37)45(40)29-16-5-2-6-17-29/h1-27H. The highest BCUT2D eigenvalue weighted by molar-refractivity contribution is 7.27. The molecule has 10 rings (SSSR count). The van der Waals surface area contributed by atoms with E-state index in [1.54, 1.807) is 0 Å². The molecule has 0 bridgehead atoms. The number of furan rings is 1. The molecule has 47 heavy (non-hydrogen) atoms. The van der Waals surface area contributed by atoms with Crippen LogP contribution in [0.4, 0.5) is 0 Å². The molecule has 0 aliphatic heterocycles. The predicted molar refractivity (Wildman–Crippen MR) is 200 cm³/mol. The van der Waals surface area contributed by atoms with Gasteiger partial charge in [-0.15, -0.1) is 11.3 Å². The van der Waals surface area contributed by atoms with Gasteiger partial charge in [-0.25, -0.2) is 0 Å². The second-order valence-electron chi connectivity index (χ2n) is 12.0. The van der Waals surface area contributed by atoms with E-state index in [-0.39, 0.29) is 0 Å². The molecule has 220 valence electrons. The van der Waals surface area contributed by atoms with Gasteiger partial charge >= 0.3 is 0 Å². The van der Waals surface area contributed by atoms with Crippen LogP contribution in [0.5, 0.6) is 0 Å². The lowest BCUT2D eigenvalue weighted by Gasteiger charge is -2.12. The van der Waals surface area contributed by atoms with E-state index in [2.05, 4.69) is 168 Å². The van der Waals surface area contributed by atoms with E-state index < -0.39 is 0 Å². The number of hydrogen-bond acceptors (Lipinski definition) is 2. The molecule has 0 amide bonds. The highest BCUT2D eigenvalue weighted by Gasteiger charge is 2.22. The van der Waals surface area contributed by atoms with Crippen LogP contribution in [0, 0.1) is 0 Å². The minimum Gasteiger partial charge on any atom is -0.455 e. The van der Waals surface area contributed by atoms with Gasteiger partial charge in [0.1, 0.15) is 11.2 Å². The second-order valence-corrected chi connectivity index (χ2v) is 13.0. The van der Waals surface area contributed by atoms with Gasteiger partial charge in [-0.2, -0.15) is 0 Å². The molecule has 0 aliphatic rings. The van der Waals surface area contributed by atoms with E-state index in [9.17, 15) is 0 Å². The van der Waals surface area contributed by atoms with Crippen molar-refractivity contribution in [1.82, 2.24) is 4.57 Å². The van der Waals surface area contributed by atoms with Crippen molar-refractivity contribution >= 4 is 64.5 Å². The fraction of sp³-hybridized carbons (Fsp3) is 0. The fourth-order valence-electron chi connectivity index (χ4n) is 7.38. The number of nitrogens with zero attached hydrogens (tertiary/aromatic N) is 1. The van der Waals surface area contributed by atoms with Gasteiger partial charge in [0.25, 0.3) is 0 Å². The summed E-state index contributed by atoms with van der Waals surface area (Å²) >= 11 is 1.89. The summed E-state index contributed by atoms with van der Waals surface area (Å²) in [6.45, 7) is 0. The molecule has 0 radical (unpaired) electrons.